The predicted octanol–water partition coefficient (Wildman–Crippen LogP) is 1.92. The quantitative estimate of drug-likeness (QED) is 0.816. The van der Waals surface area contributed by atoms with Gasteiger partial charge in [0.2, 0.25) is 5.91 Å². The fourth-order valence-electron chi connectivity index (χ4n) is 3.18. The van der Waals surface area contributed by atoms with E-state index in [-0.39, 0.29) is 18.4 Å². The van der Waals surface area contributed by atoms with Gasteiger partial charge in [-0.2, -0.15) is 11.8 Å². The summed E-state index contributed by atoms with van der Waals surface area (Å²) in [5.74, 6) is 0.779. The standard InChI is InChI=1S/C17H21N3O3S/c1-3-12-6-4-5-11(2)14(12)18-13(21)9-20-15(22)17(19-16(20)23)7-8-24-10-17/h4-6H,3,7-10H2,1-2H3,(H,18,21)(H,19,23). The molecular weight excluding hydrogens is 326 g/mol. The molecule has 2 fully saturated rings. The van der Waals surface area contributed by atoms with E-state index in [9.17, 15) is 14.4 Å². The van der Waals surface area contributed by atoms with Crippen LogP contribution < -0.4 is 10.6 Å². The van der Waals surface area contributed by atoms with Crippen molar-refractivity contribution in [1.29, 1.82) is 0 Å². The Morgan fingerprint density at radius 1 is 1.42 bits per heavy atom. The summed E-state index contributed by atoms with van der Waals surface area (Å²) in [6, 6.07) is 5.36. The Balaban J connectivity index is 1.72. The molecule has 1 aromatic rings. The van der Waals surface area contributed by atoms with Crippen LogP contribution in [0.15, 0.2) is 18.2 Å². The van der Waals surface area contributed by atoms with E-state index in [0.717, 1.165) is 33.9 Å². The molecular formula is C17H21N3O3S. The first-order chi connectivity index (χ1) is 11.5. The van der Waals surface area contributed by atoms with Crippen molar-refractivity contribution in [3.05, 3.63) is 29.3 Å². The first-order valence-corrected chi connectivity index (χ1v) is 9.22. The minimum Gasteiger partial charge on any atom is -0.324 e. The smallest absolute Gasteiger partial charge is 0.324 e. The van der Waals surface area contributed by atoms with Crippen LogP contribution in [-0.4, -0.2) is 46.3 Å². The lowest BCUT2D eigenvalue weighted by molar-refractivity contribution is -0.133. The van der Waals surface area contributed by atoms with Crippen molar-refractivity contribution in [2.24, 2.45) is 0 Å². The first kappa shape index (κ1) is 16.8. The van der Waals surface area contributed by atoms with Crippen molar-refractivity contribution in [1.82, 2.24) is 10.2 Å². The number of thioether (sulfide) groups is 1. The Labute approximate surface area is 145 Å². The predicted molar refractivity (Wildman–Crippen MR) is 94.1 cm³/mol. The molecule has 4 amide bonds. The van der Waals surface area contributed by atoms with Crippen LogP contribution >= 0.6 is 11.8 Å². The van der Waals surface area contributed by atoms with Crippen LogP contribution in [0, 0.1) is 6.92 Å². The maximum absolute atomic E-state index is 12.6. The number of anilines is 1. The molecule has 1 unspecified atom stereocenters. The van der Waals surface area contributed by atoms with Gasteiger partial charge in [-0.1, -0.05) is 25.1 Å². The van der Waals surface area contributed by atoms with Gasteiger partial charge >= 0.3 is 6.03 Å². The fourth-order valence-corrected chi connectivity index (χ4v) is 4.50. The van der Waals surface area contributed by atoms with E-state index >= 15 is 0 Å². The van der Waals surface area contributed by atoms with Crippen molar-refractivity contribution in [2.45, 2.75) is 32.2 Å². The molecule has 2 N–H and O–H groups in total. The molecule has 3 rings (SSSR count). The molecule has 2 saturated heterocycles. The van der Waals surface area contributed by atoms with Crippen molar-refractivity contribution in [3.8, 4) is 0 Å². The van der Waals surface area contributed by atoms with E-state index in [4.69, 9.17) is 0 Å². The zero-order chi connectivity index (χ0) is 17.3. The summed E-state index contributed by atoms with van der Waals surface area (Å²) in [5, 5.41) is 5.63. The number of hydrogen-bond donors (Lipinski definition) is 2. The zero-order valence-corrected chi connectivity index (χ0v) is 14.7. The number of carbonyl (C=O) groups is 3. The molecule has 0 radical (unpaired) electrons. The second kappa shape index (κ2) is 6.47. The molecule has 1 atom stereocenters. The minimum atomic E-state index is -0.806. The van der Waals surface area contributed by atoms with Crippen molar-refractivity contribution in [3.63, 3.8) is 0 Å². The Bertz CT molecular complexity index is 698. The van der Waals surface area contributed by atoms with Crippen LogP contribution in [0.1, 0.15) is 24.5 Å². The third-order valence-corrected chi connectivity index (χ3v) is 5.76. The normalized spacial score (nSPS) is 23.0. The van der Waals surface area contributed by atoms with Gasteiger partial charge in [0.1, 0.15) is 12.1 Å². The Morgan fingerprint density at radius 2 is 2.21 bits per heavy atom. The Morgan fingerprint density at radius 3 is 2.88 bits per heavy atom. The largest absolute Gasteiger partial charge is 0.325 e. The maximum Gasteiger partial charge on any atom is 0.325 e. The van der Waals surface area contributed by atoms with Crippen LogP contribution in [0.25, 0.3) is 0 Å². The van der Waals surface area contributed by atoms with E-state index < -0.39 is 11.6 Å². The van der Waals surface area contributed by atoms with Crippen LogP contribution in [0.4, 0.5) is 10.5 Å². The number of carbonyl (C=O) groups excluding carboxylic acids is 3. The van der Waals surface area contributed by atoms with Gasteiger partial charge in [-0.15, -0.1) is 0 Å². The topological polar surface area (TPSA) is 78.5 Å². The van der Waals surface area contributed by atoms with Crippen LogP contribution in [0.3, 0.4) is 0 Å². The number of benzene rings is 1. The highest BCUT2D eigenvalue weighted by atomic mass is 32.2. The van der Waals surface area contributed by atoms with Gasteiger partial charge in [0, 0.05) is 11.4 Å². The maximum atomic E-state index is 12.6. The highest BCUT2D eigenvalue weighted by Crippen LogP contribution is 2.33. The lowest BCUT2D eigenvalue weighted by Crippen LogP contribution is -2.47. The number of urea groups is 1. The number of rotatable bonds is 4. The number of imide groups is 1. The molecule has 7 heteroatoms. The molecule has 128 valence electrons. The van der Waals surface area contributed by atoms with E-state index in [0.29, 0.717) is 12.2 Å². The van der Waals surface area contributed by atoms with Gasteiger partial charge < -0.3 is 10.6 Å². The first-order valence-electron chi connectivity index (χ1n) is 8.07. The second-order valence-corrected chi connectivity index (χ2v) is 7.32. The minimum absolute atomic E-state index is 0.255. The van der Waals surface area contributed by atoms with Crippen LogP contribution in [-0.2, 0) is 16.0 Å². The monoisotopic (exact) mass is 347 g/mol. The molecule has 2 aliphatic heterocycles. The van der Waals surface area contributed by atoms with Crippen molar-refractivity contribution in [2.75, 3.05) is 23.4 Å². The molecule has 1 spiro atoms. The summed E-state index contributed by atoms with van der Waals surface area (Å²) in [6.07, 6.45) is 1.42. The molecule has 0 saturated carbocycles. The summed E-state index contributed by atoms with van der Waals surface area (Å²) in [4.78, 5) is 38.1. The van der Waals surface area contributed by atoms with Crippen LogP contribution in [0.2, 0.25) is 0 Å². The van der Waals surface area contributed by atoms with Gasteiger partial charge in [-0.3, -0.25) is 14.5 Å². The zero-order valence-electron chi connectivity index (χ0n) is 13.8. The number of para-hydroxylation sites is 1. The Hall–Kier alpha value is -2.02. The molecule has 2 heterocycles. The fraction of sp³-hybridized carbons (Fsp3) is 0.471. The highest BCUT2D eigenvalue weighted by Gasteiger charge is 2.53. The average Bonchev–Trinajstić information content (AvgIpc) is 3.11. The van der Waals surface area contributed by atoms with E-state index in [1.165, 1.54) is 0 Å². The third kappa shape index (κ3) is 2.88. The Kier molecular flexibility index (Phi) is 4.54. The van der Waals surface area contributed by atoms with Gasteiger partial charge in [0.25, 0.3) is 5.91 Å². The highest BCUT2D eigenvalue weighted by molar-refractivity contribution is 7.99. The van der Waals surface area contributed by atoms with Crippen LogP contribution in [0.5, 0.6) is 0 Å². The lowest BCUT2D eigenvalue weighted by Gasteiger charge is -2.19. The van der Waals surface area contributed by atoms with Gasteiger partial charge in [-0.25, -0.2) is 4.79 Å². The molecule has 2 aliphatic rings. The molecule has 24 heavy (non-hydrogen) atoms. The second-order valence-electron chi connectivity index (χ2n) is 6.22. The molecule has 1 aromatic carbocycles. The summed E-state index contributed by atoms with van der Waals surface area (Å²) < 4.78 is 0. The van der Waals surface area contributed by atoms with Gasteiger partial charge in [-0.05, 0) is 36.6 Å². The number of nitrogens with zero attached hydrogens (tertiary/aromatic N) is 1. The van der Waals surface area contributed by atoms with Gasteiger partial charge in [0.15, 0.2) is 0 Å². The number of hydrogen-bond acceptors (Lipinski definition) is 4. The van der Waals surface area contributed by atoms with E-state index in [1.807, 2.05) is 32.0 Å². The number of aryl methyl sites for hydroxylation is 2. The van der Waals surface area contributed by atoms with E-state index in [2.05, 4.69) is 10.6 Å². The SMILES string of the molecule is CCc1cccc(C)c1NC(=O)CN1C(=O)NC2(CCSC2)C1=O. The summed E-state index contributed by atoms with van der Waals surface area (Å²) in [6.45, 7) is 3.69. The molecule has 0 aromatic heterocycles. The molecule has 6 nitrogen and oxygen atoms in total. The third-order valence-electron chi connectivity index (χ3n) is 4.57. The van der Waals surface area contributed by atoms with Crippen molar-refractivity contribution < 1.29 is 14.4 Å². The summed E-state index contributed by atoms with van der Waals surface area (Å²) in [7, 11) is 0. The lowest BCUT2D eigenvalue weighted by atomic mass is 9.99. The number of amides is 4. The average molecular weight is 347 g/mol. The summed E-state index contributed by atoms with van der Waals surface area (Å²) in [5.41, 5.74) is 1.95. The summed E-state index contributed by atoms with van der Waals surface area (Å²) >= 11 is 1.64. The van der Waals surface area contributed by atoms with Crippen molar-refractivity contribution >= 4 is 35.3 Å². The molecule has 0 aliphatic carbocycles. The molecule has 0 bridgehead atoms. The van der Waals surface area contributed by atoms with E-state index in [1.54, 1.807) is 11.8 Å². The number of nitrogens with one attached hydrogen (secondary N) is 2. The van der Waals surface area contributed by atoms with Gasteiger partial charge in [0.05, 0.1) is 0 Å².